The van der Waals surface area contributed by atoms with Crippen molar-refractivity contribution in [1.82, 2.24) is 0 Å². The lowest BCUT2D eigenvalue weighted by Gasteiger charge is -2.19. The number of aliphatic hydroxyl groups excluding tert-OH is 2. The highest BCUT2D eigenvalue weighted by atomic mass is 31.2. The fourth-order valence-electron chi connectivity index (χ4n) is 2.28. The lowest BCUT2D eigenvalue weighted by Crippen LogP contribution is -2.21. The van der Waals surface area contributed by atoms with Crippen LogP contribution in [0.4, 0.5) is 13.2 Å². The number of aldehydes is 1. The summed E-state index contributed by atoms with van der Waals surface area (Å²) < 4.78 is 72.7. The van der Waals surface area contributed by atoms with Gasteiger partial charge in [0.1, 0.15) is 6.29 Å². The van der Waals surface area contributed by atoms with Gasteiger partial charge >= 0.3 is 25.5 Å². The van der Waals surface area contributed by atoms with E-state index >= 15 is 0 Å². The first kappa shape index (κ1) is 61.4. The van der Waals surface area contributed by atoms with E-state index in [1.165, 1.54) is 26.8 Å². The van der Waals surface area contributed by atoms with Crippen LogP contribution in [0.1, 0.15) is 107 Å². The maximum absolute atomic E-state index is 13.4. The first-order valence-electron chi connectivity index (χ1n) is 17.5. The standard InChI is InChI=1S/C8H16FO5P.C8H13FO2.C7H12FNO2.C4H10O.C4H8O.C3H9NO/c1-4-12-8(10)7(9)15(11,13-5-2)14-6-3;1-3-5-6-7(9)8(10)11-4-2;1-2-11-7(10)6(8)4-3-5-9;2*1-2-3-4-5;4-2-1-3-5/h7H,4-6H2,1-3H3;6H,3-5H2,1-2H3;4H,2-3,5,9H2,1H3;5H,2-4H2,1H3;4H,2-3H2,1H3;5H,1-4H2/b;7-6-;6-4-;;;. The van der Waals surface area contributed by atoms with Crippen molar-refractivity contribution >= 4 is 31.8 Å². The lowest BCUT2D eigenvalue weighted by atomic mass is 10.3. The van der Waals surface area contributed by atoms with E-state index in [0.29, 0.717) is 39.0 Å². The van der Waals surface area contributed by atoms with Gasteiger partial charge in [0.15, 0.2) is 0 Å². The van der Waals surface area contributed by atoms with Gasteiger partial charge in [-0.1, -0.05) is 33.6 Å². The Hall–Kier alpha value is -2.66. The molecule has 0 radical (unpaired) electrons. The number of ether oxygens (including phenoxy) is 3. The van der Waals surface area contributed by atoms with Crippen molar-refractivity contribution in [3.8, 4) is 0 Å². The molecule has 0 aromatic carbocycles. The van der Waals surface area contributed by atoms with Gasteiger partial charge in [-0.15, -0.1) is 0 Å². The third-order valence-corrected chi connectivity index (χ3v) is 6.70. The summed E-state index contributed by atoms with van der Waals surface area (Å²) in [7, 11) is -4.04. The molecular weight excluding hydrogens is 716 g/mol. The first-order chi connectivity index (χ1) is 24.7. The van der Waals surface area contributed by atoms with Gasteiger partial charge in [-0.25, -0.2) is 18.8 Å². The third kappa shape index (κ3) is 47.3. The molecule has 312 valence electrons. The number of carbonyl (C=O) groups is 4. The van der Waals surface area contributed by atoms with Crippen LogP contribution in [0.3, 0.4) is 0 Å². The summed E-state index contributed by atoms with van der Waals surface area (Å²) in [6.07, 6.45) is 9.50. The first-order valence-corrected chi connectivity index (χ1v) is 19.1. The van der Waals surface area contributed by atoms with Gasteiger partial charge in [0.25, 0.3) is 5.91 Å². The summed E-state index contributed by atoms with van der Waals surface area (Å²) in [6.45, 7) is 15.7. The van der Waals surface area contributed by atoms with E-state index in [-0.39, 0.29) is 39.6 Å². The highest BCUT2D eigenvalue weighted by Crippen LogP contribution is 2.54. The molecule has 1 atom stereocenters. The molecule has 0 fully saturated rings. The Morgan fingerprint density at radius 3 is 1.31 bits per heavy atom. The van der Waals surface area contributed by atoms with E-state index < -0.39 is 43.1 Å². The molecule has 0 amide bonds. The molecule has 0 rings (SSSR count). The Morgan fingerprint density at radius 2 is 1.08 bits per heavy atom. The van der Waals surface area contributed by atoms with E-state index in [0.717, 1.165) is 44.5 Å². The Balaban J connectivity index is -0.000000129. The predicted molar refractivity (Wildman–Crippen MR) is 196 cm³/mol. The van der Waals surface area contributed by atoms with E-state index in [1.807, 2.05) is 13.8 Å². The van der Waals surface area contributed by atoms with Crippen molar-refractivity contribution in [3.05, 3.63) is 23.8 Å². The molecule has 1 unspecified atom stereocenters. The summed E-state index contributed by atoms with van der Waals surface area (Å²) in [6, 6.07) is 0. The van der Waals surface area contributed by atoms with Crippen LogP contribution in [0, 0.1) is 0 Å². The number of hydrogen-bond donors (Lipinski definition) is 4. The van der Waals surface area contributed by atoms with Crippen LogP contribution >= 0.6 is 7.60 Å². The Bertz CT molecular complexity index is 874. The van der Waals surface area contributed by atoms with Crippen molar-refractivity contribution in [2.24, 2.45) is 11.5 Å². The van der Waals surface area contributed by atoms with Crippen LogP contribution < -0.4 is 11.5 Å². The zero-order chi connectivity index (χ0) is 41.6. The zero-order valence-electron chi connectivity index (χ0n) is 32.5. The Morgan fingerprint density at radius 1 is 0.654 bits per heavy atom. The Kier molecular flexibility index (Phi) is 59.6. The van der Waals surface area contributed by atoms with Gasteiger partial charge in [0.2, 0.25) is 11.7 Å². The maximum Gasteiger partial charge on any atom is 0.376 e. The fraction of sp³-hybridized carbons (Fsp3) is 0.765. The van der Waals surface area contributed by atoms with Gasteiger partial charge in [-0.2, -0.15) is 8.78 Å². The number of nitrogens with two attached hydrogens (primary N) is 2. The number of halogens is 3. The highest BCUT2D eigenvalue weighted by molar-refractivity contribution is 7.55. The second kappa shape index (κ2) is 50.4. The monoisotopic (exact) mass is 784 g/mol. The van der Waals surface area contributed by atoms with Crippen LogP contribution in [-0.2, 0) is 47.0 Å². The molecule has 0 spiro atoms. The molecule has 0 bridgehead atoms. The van der Waals surface area contributed by atoms with E-state index in [9.17, 15) is 36.9 Å². The summed E-state index contributed by atoms with van der Waals surface area (Å²) in [5.41, 5.74) is 10.1. The molecule has 52 heavy (non-hydrogen) atoms. The summed E-state index contributed by atoms with van der Waals surface area (Å²) in [4.78, 5) is 41.5. The second-order valence-electron chi connectivity index (χ2n) is 9.27. The molecule has 0 aliphatic heterocycles. The van der Waals surface area contributed by atoms with Crippen molar-refractivity contribution in [1.29, 1.82) is 0 Å². The van der Waals surface area contributed by atoms with Crippen LogP contribution in [0.2, 0.25) is 0 Å². The molecule has 0 heterocycles. The highest BCUT2D eigenvalue weighted by Gasteiger charge is 2.42. The lowest BCUT2D eigenvalue weighted by molar-refractivity contribution is -0.146. The zero-order valence-corrected chi connectivity index (χ0v) is 33.4. The predicted octanol–water partition coefficient (Wildman–Crippen LogP) is 6.16. The van der Waals surface area contributed by atoms with Gasteiger partial charge in [-0.3, -0.25) is 4.57 Å². The van der Waals surface area contributed by atoms with Crippen LogP contribution in [0.5, 0.6) is 0 Å². The SMILES string of the molecule is CCC/C=C(\F)C(=O)OCC.CCCC=O.CCCCO.CCOC(=O)/C(F)=C/CCN.CCOC(=O)C(F)P(=O)(OCC)OCC.NCCCO. The number of carbonyl (C=O) groups excluding carboxylic acids is 4. The largest absolute Gasteiger partial charge is 0.463 e. The van der Waals surface area contributed by atoms with Gasteiger partial charge in [0, 0.05) is 19.6 Å². The number of alkyl halides is 1. The smallest absolute Gasteiger partial charge is 0.376 e. The van der Waals surface area contributed by atoms with Gasteiger partial charge in [0.05, 0.1) is 33.0 Å². The third-order valence-electron chi connectivity index (χ3n) is 4.70. The van der Waals surface area contributed by atoms with E-state index in [1.54, 1.807) is 13.8 Å². The minimum Gasteiger partial charge on any atom is -0.463 e. The summed E-state index contributed by atoms with van der Waals surface area (Å²) in [5, 5.41) is 16.1. The van der Waals surface area contributed by atoms with Crippen molar-refractivity contribution in [2.75, 3.05) is 59.3 Å². The van der Waals surface area contributed by atoms with E-state index in [4.69, 9.17) is 21.7 Å². The number of unbranched alkanes of at least 4 members (excludes halogenated alkanes) is 3. The van der Waals surface area contributed by atoms with Crippen molar-refractivity contribution < 1.29 is 70.4 Å². The van der Waals surface area contributed by atoms with Crippen molar-refractivity contribution in [3.63, 3.8) is 0 Å². The average Bonchev–Trinajstić information content (AvgIpc) is 3.12. The summed E-state index contributed by atoms with van der Waals surface area (Å²) in [5.74, 6) is -7.02. The fourth-order valence-corrected chi connectivity index (χ4v) is 3.67. The number of rotatable bonds is 21. The quantitative estimate of drug-likeness (QED) is 0.0337. The normalized spacial score (nSPS) is 11.1. The number of allylic oxidation sites excluding steroid dienone is 1. The molecule has 6 N–H and O–H groups in total. The van der Waals surface area contributed by atoms with Gasteiger partial charge in [-0.05, 0) is 92.0 Å². The number of aliphatic hydroxyl groups is 2. The van der Waals surface area contributed by atoms with Crippen LogP contribution in [0.15, 0.2) is 23.8 Å². The topological polar surface area (TPSA) is 224 Å². The molecule has 0 aliphatic rings. The van der Waals surface area contributed by atoms with Crippen LogP contribution in [0.25, 0.3) is 0 Å². The average molecular weight is 785 g/mol. The molecule has 0 aromatic heterocycles. The molecule has 0 aromatic rings. The maximum atomic E-state index is 13.4. The second-order valence-corrected chi connectivity index (χ2v) is 11.3. The number of esters is 3. The minimum atomic E-state index is -4.04. The van der Waals surface area contributed by atoms with Gasteiger partial charge < -0.3 is 49.7 Å². The number of hydrogen-bond acceptors (Lipinski definition) is 14. The molecule has 18 heteroatoms. The van der Waals surface area contributed by atoms with Crippen molar-refractivity contribution in [2.45, 2.75) is 113 Å². The molecule has 0 saturated heterocycles. The van der Waals surface area contributed by atoms with Crippen LogP contribution in [-0.4, -0.2) is 99.7 Å². The molecular formula is C34H68F3N2O12P. The molecule has 0 saturated carbocycles. The minimum absolute atomic E-state index is 0.00287. The Labute approximate surface area is 309 Å². The molecule has 0 aliphatic carbocycles. The van der Waals surface area contributed by atoms with E-state index in [2.05, 4.69) is 30.2 Å². The summed E-state index contributed by atoms with van der Waals surface area (Å²) >= 11 is 0. The molecule has 14 nitrogen and oxygen atoms in total.